The molecule has 3 heterocycles. The number of nitrogens with zero attached hydrogens (tertiary/aromatic N) is 3. The molecule has 4 rings (SSSR count). The molecule has 9 heteroatoms. The van der Waals surface area contributed by atoms with Gasteiger partial charge in [0, 0.05) is 19.5 Å². The highest BCUT2D eigenvalue weighted by atomic mass is 32.1. The third-order valence-corrected chi connectivity index (χ3v) is 6.12. The number of aromatic hydroxyl groups is 1. The minimum Gasteiger partial charge on any atom is -0.505 e. The molecular formula is C21H27N5O3S. The fourth-order valence-electron chi connectivity index (χ4n) is 3.90. The summed E-state index contributed by atoms with van der Waals surface area (Å²) in [5.74, 6) is 1.85. The lowest BCUT2D eigenvalue weighted by atomic mass is 10.1. The number of carbonyl (C=O) groups excluding carboxylic acids is 1. The number of carbonyl (C=O) groups is 1. The normalized spacial score (nSPS) is 19.3. The summed E-state index contributed by atoms with van der Waals surface area (Å²) in [6, 6.07) is 5.22. The van der Waals surface area contributed by atoms with E-state index in [1.165, 1.54) is 0 Å². The molecule has 0 bridgehead atoms. The Bertz CT molecular complexity index is 938. The van der Waals surface area contributed by atoms with Crippen LogP contribution in [0.2, 0.25) is 0 Å². The molecule has 0 aliphatic carbocycles. The molecule has 1 aromatic heterocycles. The number of phenols is 1. The van der Waals surface area contributed by atoms with Crippen LogP contribution in [0, 0.1) is 0 Å². The number of likely N-dealkylation sites (tertiary alicyclic amines) is 1. The zero-order chi connectivity index (χ0) is 21.1. The van der Waals surface area contributed by atoms with Crippen LogP contribution in [0.5, 0.6) is 5.75 Å². The number of benzene rings is 1. The molecule has 8 nitrogen and oxygen atoms in total. The number of hydrogen-bond acceptors (Lipinski definition) is 8. The van der Waals surface area contributed by atoms with Crippen molar-refractivity contribution in [3.05, 3.63) is 35.6 Å². The summed E-state index contributed by atoms with van der Waals surface area (Å²) >= 11 is 1.08. The van der Waals surface area contributed by atoms with E-state index < -0.39 is 0 Å². The van der Waals surface area contributed by atoms with Crippen molar-refractivity contribution in [1.82, 2.24) is 13.6 Å². The van der Waals surface area contributed by atoms with E-state index in [4.69, 9.17) is 4.74 Å². The molecule has 1 fully saturated rings. The molecule has 0 spiro atoms. The first kappa shape index (κ1) is 20.5. The van der Waals surface area contributed by atoms with Crippen LogP contribution in [-0.2, 0) is 4.74 Å². The first-order valence-corrected chi connectivity index (χ1v) is 11.1. The summed E-state index contributed by atoms with van der Waals surface area (Å²) in [6.45, 7) is 5.52. The highest BCUT2D eigenvalue weighted by Crippen LogP contribution is 2.34. The van der Waals surface area contributed by atoms with Crippen LogP contribution in [0.3, 0.4) is 0 Å². The molecule has 2 aliphatic rings. The number of allylic oxidation sites excluding steroid dienone is 1. The number of phenolic OH excluding ortho intramolecular Hbond substituents is 1. The third-order valence-electron chi connectivity index (χ3n) is 5.59. The standard InChI is InChI=1S/C21H27N5O3S/c1-3-15(17-10-9-13(2)29-17)22-19-20(25-30-24-19)23-16-8-6-7-14(18(16)27)21(28)26-11-4-5-12-26/h6-9,15,17,27H,3-5,10-12H2,1-2H3,(H,22,24)(H,23,25)/t15-,17?/m1/s1. The van der Waals surface area contributed by atoms with E-state index in [1.807, 2.05) is 6.92 Å². The van der Waals surface area contributed by atoms with Gasteiger partial charge in [-0.05, 0) is 44.4 Å². The largest absolute Gasteiger partial charge is 0.505 e. The molecule has 2 aliphatic heterocycles. The molecule has 0 saturated carbocycles. The molecule has 1 amide bonds. The number of aromatic nitrogens is 2. The first-order chi connectivity index (χ1) is 14.6. The van der Waals surface area contributed by atoms with Crippen molar-refractivity contribution >= 4 is 35.0 Å². The minimum absolute atomic E-state index is 0.0550. The van der Waals surface area contributed by atoms with E-state index in [1.54, 1.807) is 23.1 Å². The van der Waals surface area contributed by atoms with Gasteiger partial charge in [0.1, 0.15) is 6.10 Å². The summed E-state index contributed by atoms with van der Waals surface area (Å²) in [7, 11) is 0. The van der Waals surface area contributed by atoms with Crippen LogP contribution in [0.25, 0.3) is 0 Å². The van der Waals surface area contributed by atoms with Crippen LogP contribution in [-0.4, -0.2) is 49.9 Å². The second-order valence-electron chi connectivity index (χ2n) is 7.65. The van der Waals surface area contributed by atoms with Crippen LogP contribution < -0.4 is 10.6 Å². The van der Waals surface area contributed by atoms with Gasteiger partial charge in [0.15, 0.2) is 17.4 Å². The molecule has 1 unspecified atom stereocenters. The van der Waals surface area contributed by atoms with Crippen LogP contribution >= 0.6 is 11.7 Å². The Kier molecular flexibility index (Phi) is 6.08. The van der Waals surface area contributed by atoms with Crippen molar-refractivity contribution < 1.29 is 14.6 Å². The van der Waals surface area contributed by atoms with Crippen molar-refractivity contribution in [3.63, 3.8) is 0 Å². The van der Waals surface area contributed by atoms with E-state index in [9.17, 15) is 9.90 Å². The zero-order valence-corrected chi connectivity index (χ0v) is 18.0. The zero-order valence-electron chi connectivity index (χ0n) is 17.2. The molecule has 30 heavy (non-hydrogen) atoms. The Hall–Kier alpha value is -2.81. The first-order valence-electron chi connectivity index (χ1n) is 10.4. The van der Waals surface area contributed by atoms with Gasteiger partial charge < -0.3 is 25.4 Å². The van der Waals surface area contributed by atoms with Gasteiger partial charge in [-0.25, -0.2) is 0 Å². The number of rotatable bonds is 7. The highest BCUT2D eigenvalue weighted by Gasteiger charge is 2.27. The van der Waals surface area contributed by atoms with Crippen LogP contribution in [0.4, 0.5) is 17.3 Å². The van der Waals surface area contributed by atoms with Crippen molar-refractivity contribution in [3.8, 4) is 5.75 Å². The van der Waals surface area contributed by atoms with Gasteiger partial charge in [0.25, 0.3) is 5.91 Å². The average molecular weight is 430 g/mol. The summed E-state index contributed by atoms with van der Waals surface area (Å²) < 4.78 is 14.6. The van der Waals surface area contributed by atoms with Crippen LogP contribution in [0.15, 0.2) is 30.0 Å². The van der Waals surface area contributed by atoms with E-state index in [0.29, 0.717) is 22.9 Å². The predicted molar refractivity (Wildman–Crippen MR) is 117 cm³/mol. The van der Waals surface area contributed by atoms with Gasteiger partial charge in [-0.3, -0.25) is 4.79 Å². The highest BCUT2D eigenvalue weighted by molar-refractivity contribution is 6.99. The van der Waals surface area contributed by atoms with Crippen LogP contribution in [0.1, 0.15) is 49.9 Å². The van der Waals surface area contributed by atoms with E-state index in [-0.39, 0.29) is 23.8 Å². The number of amides is 1. The molecule has 2 atom stereocenters. The Morgan fingerprint density at radius 2 is 2.10 bits per heavy atom. The SMILES string of the molecule is CC[C@@H](Nc1nsnc1Nc1cccc(C(=O)N2CCCC2)c1O)C1CC=C(C)O1. The number of ether oxygens (including phenoxy) is 1. The predicted octanol–water partition coefficient (Wildman–Crippen LogP) is 4.11. The number of nitrogens with one attached hydrogen (secondary N) is 2. The lowest BCUT2D eigenvalue weighted by Gasteiger charge is -2.24. The summed E-state index contributed by atoms with van der Waals surface area (Å²) in [6.07, 6.45) is 5.88. The van der Waals surface area contributed by atoms with Crippen molar-refractivity contribution in [2.24, 2.45) is 0 Å². The van der Waals surface area contributed by atoms with Gasteiger partial charge in [-0.15, -0.1) is 0 Å². The molecule has 1 saturated heterocycles. The van der Waals surface area contributed by atoms with E-state index in [2.05, 4.69) is 32.4 Å². The molecule has 160 valence electrons. The van der Waals surface area contributed by atoms with E-state index >= 15 is 0 Å². The maximum Gasteiger partial charge on any atom is 0.257 e. The van der Waals surface area contributed by atoms with Gasteiger partial charge in [-0.2, -0.15) is 8.75 Å². The second-order valence-corrected chi connectivity index (χ2v) is 8.18. The monoisotopic (exact) mass is 429 g/mol. The fourth-order valence-corrected chi connectivity index (χ4v) is 4.37. The molecule has 1 aromatic carbocycles. The van der Waals surface area contributed by atoms with E-state index in [0.717, 1.165) is 56.3 Å². The van der Waals surface area contributed by atoms with Gasteiger partial charge in [0.05, 0.1) is 34.8 Å². The Morgan fingerprint density at radius 3 is 2.80 bits per heavy atom. The minimum atomic E-state index is -0.143. The van der Waals surface area contributed by atoms with Gasteiger partial charge in [0.2, 0.25) is 0 Å². The summed E-state index contributed by atoms with van der Waals surface area (Å²) in [5.41, 5.74) is 0.727. The Balaban J connectivity index is 1.50. The molecule has 3 N–H and O–H groups in total. The maximum atomic E-state index is 12.7. The van der Waals surface area contributed by atoms with Crippen molar-refractivity contribution in [2.75, 3.05) is 23.7 Å². The number of anilines is 3. The van der Waals surface area contributed by atoms with Crippen molar-refractivity contribution in [1.29, 1.82) is 0 Å². The Labute approximate surface area is 180 Å². The smallest absolute Gasteiger partial charge is 0.257 e. The fraction of sp³-hybridized carbons (Fsp3) is 0.476. The lowest BCUT2D eigenvalue weighted by molar-refractivity contribution is 0.0790. The quantitative estimate of drug-likeness (QED) is 0.570. The molecular weight excluding hydrogens is 402 g/mol. The van der Waals surface area contributed by atoms with Gasteiger partial charge in [-0.1, -0.05) is 13.0 Å². The average Bonchev–Trinajstić information content (AvgIpc) is 3.50. The van der Waals surface area contributed by atoms with Crippen molar-refractivity contribution in [2.45, 2.75) is 51.7 Å². The Morgan fingerprint density at radius 1 is 1.33 bits per heavy atom. The number of para-hydroxylation sites is 1. The van der Waals surface area contributed by atoms with Gasteiger partial charge >= 0.3 is 0 Å². The third kappa shape index (κ3) is 4.21. The molecule has 2 aromatic rings. The second kappa shape index (κ2) is 8.91. The number of hydrogen-bond donors (Lipinski definition) is 3. The summed E-state index contributed by atoms with van der Waals surface area (Å²) in [5, 5.41) is 17.3. The maximum absolute atomic E-state index is 12.7. The molecule has 0 radical (unpaired) electrons. The topological polar surface area (TPSA) is 99.6 Å². The lowest BCUT2D eigenvalue weighted by Crippen LogP contribution is -2.33. The summed E-state index contributed by atoms with van der Waals surface area (Å²) in [4.78, 5) is 14.5.